The van der Waals surface area contributed by atoms with E-state index in [0.29, 0.717) is 5.76 Å². The van der Waals surface area contributed by atoms with Crippen LogP contribution in [0.4, 0.5) is 4.79 Å². The smallest absolute Gasteiger partial charge is 0.325 e. The lowest BCUT2D eigenvalue weighted by Crippen LogP contribution is -2.42. The van der Waals surface area contributed by atoms with Crippen molar-refractivity contribution in [2.45, 2.75) is 18.6 Å². The summed E-state index contributed by atoms with van der Waals surface area (Å²) in [6, 6.07) is 2.58. The van der Waals surface area contributed by atoms with Crippen LogP contribution in [0.25, 0.3) is 0 Å². The number of furan rings is 1. The summed E-state index contributed by atoms with van der Waals surface area (Å²) < 4.78 is 5.14. The first-order valence-electron chi connectivity index (χ1n) is 5.46. The third-order valence-corrected chi connectivity index (χ3v) is 2.89. The van der Waals surface area contributed by atoms with E-state index < -0.39 is 30.2 Å². The number of rotatable bonds is 4. The van der Waals surface area contributed by atoms with Gasteiger partial charge >= 0.3 is 6.03 Å². The van der Waals surface area contributed by atoms with Gasteiger partial charge in [-0.25, -0.2) is 4.79 Å². The second-order valence-electron chi connectivity index (χ2n) is 4.28. The lowest BCUT2D eigenvalue weighted by atomic mass is 9.99. The van der Waals surface area contributed by atoms with E-state index in [1.165, 1.54) is 13.2 Å². The molecule has 18 heavy (non-hydrogen) atoms. The van der Waals surface area contributed by atoms with E-state index in [2.05, 4.69) is 5.32 Å². The summed E-state index contributed by atoms with van der Waals surface area (Å²) in [5.41, 5.74) is -1.27. The van der Waals surface area contributed by atoms with Crippen LogP contribution >= 0.6 is 0 Å². The van der Waals surface area contributed by atoms with Gasteiger partial charge < -0.3 is 19.9 Å². The van der Waals surface area contributed by atoms with E-state index in [-0.39, 0.29) is 6.54 Å². The first kappa shape index (κ1) is 12.6. The number of carbonyl (C=O) groups excluding carboxylic acids is 2. The molecule has 1 saturated heterocycles. The molecule has 2 rings (SSSR count). The fraction of sp³-hybridized carbons (Fsp3) is 0.455. The number of β-amino-alcohol motifs (C(OH)–C–C–N with tert-alkyl or cyclic N) is 1. The highest BCUT2D eigenvalue weighted by Gasteiger charge is 2.51. The van der Waals surface area contributed by atoms with Crippen LogP contribution in [-0.2, 0) is 10.3 Å². The molecule has 1 fully saturated rings. The van der Waals surface area contributed by atoms with Crippen LogP contribution in [0.5, 0.6) is 0 Å². The van der Waals surface area contributed by atoms with Gasteiger partial charge in [0.05, 0.1) is 25.5 Å². The maximum absolute atomic E-state index is 12.2. The van der Waals surface area contributed by atoms with Crippen molar-refractivity contribution in [3.63, 3.8) is 0 Å². The van der Waals surface area contributed by atoms with Gasteiger partial charge in [0, 0.05) is 0 Å². The molecule has 3 amide bonds. The van der Waals surface area contributed by atoms with E-state index in [4.69, 9.17) is 9.52 Å². The molecule has 2 atom stereocenters. The number of imide groups is 1. The van der Waals surface area contributed by atoms with Gasteiger partial charge in [0.1, 0.15) is 5.76 Å². The van der Waals surface area contributed by atoms with Gasteiger partial charge in [-0.1, -0.05) is 0 Å². The van der Waals surface area contributed by atoms with Crippen molar-refractivity contribution in [1.29, 1.82) is 0 Å². The molecule has 0 saturated carbocycles. The summed E-state index contributed by atoms with van der Waals surface area (Å²) in [5.74, 6) is -0.197. The Morgan fingerprint density at radius 1 is 1.56 bits per heavy atom. The van der Waals surface area contributed by atoms with Gasteiger partial charge in [0.15, 0.2) is 5.54 Å². The molecule has 3 N–H and O–H groups in total. The highest BCUT2D eigenvalue weighted by molar-refractivity contribution is 6.06. The van der Waals surface area contributed by atoms with Crippen LogP contribution in [0.2, 0.25) is 0 Å². The minimum absolute atomic E-state index is 0.253. The third kappa shape index (κ3) is 1.87. The first-order valence-corrected chi connectivity index (χ1v) is 5.46. The predicted octanol–water partition coefficient (Wildman–Crippen LogP) is -0.600. The fourth-order valence-corrected chi connectivity index (χ4v) is 1.86. The number of amides is 3. The van der Waals surface area contributed by atoms with Gasteiger partial charge in [-0.15, -0.1) is 0 Å². The quantitative estimate of drug-likeness (QED) is 0.622. The highest BCUT2D eigenvalue weighted by Crippen LogP contribution is 2.28. The van der Waals surface area contributed by atoms with Crippen molar-refractivity contribution < 1.29 is 24.2 Å². The first-order chi connectivity index (χ1) is 8.49. The molecule has 98 valence electrons. The summed E-state index contributed by atoms with van der Waals surface area (Å²) >= 11 is 0. The standard InChI is InChI=1S/C11H14N2O5/c1-11(8-3-2-4-18-8)9(16)13(10(17)12-11)5-7(15)6-14/h2-4,7,14-15H,5-6H2,1H3,(H,12,17). The van der Waals surface area contributed by atoms with E-state index in [9.17, 15) is 14.7 Å². The predicted molar refractivity (Wildman–Crippen MR) is 59.4 cm³/mol. The van der Waals surface area contributed by atoms with E-state index >= 15 is 0 Å². The summed E-state index contributed by atoms with van der Waals surface area (Å²) in [6.45, 7) is 0.753. The van der Waals surface area contributed by atoms with Crippen LogP contribution in [0, 0.1) is 0 Å². The minimum atomic E-state index is -1.27. The zero-order valence-electron chi connectivity index (χ0n) is 9.79. The molecule has 1 aromatic heterocycles. The molecule has 1 aliphatic heterocycles. The van der Waals surface area contributed by atoms with Crippen LogP contribution in [0.15, 0.2) is 22.8 Å². The molecule has 1 aliphatic rings. The Labute approximate surface area is 103 Å². The molecular formula is C11H14N2O5. The average Bonchev–Trinajstić information content (AvgIpc) is 2.93. The van der Waals surface area contributed by atoms with E-state index in [0.717, 1.165) is 4.90 Å². The van der Waals surface area contributed by atoms with E-state index in [1.807, 2.05) is 0 Å². The highest BCUT2D eigenvalue weighted by atomic mass is 16.3. The summed E-state index contributed by atoms with van der Waals surface area (Å²) in [4.78, 5) is 24.7. The Bertz CT molecular complexity index is 458. The average molecular weight is 254 g/mol. The van der Waals surface area contributed by atoms with Crippen molar-refractivity contribution in [2.24, 2.45) is 0 Å². The zero-order valence-corrected chi connectivity index (χ0v) is 9.79. The van der Waals surface area contributed by atoms with Crippen molar-refractivity contribution in [3.05, 3.63) is 24.2 Å². The maximum atomic E-state index is 12.2. The number of urea groups is 1. The van der Waals surface area contributed by atoms with Crippen molar-refractivity contribution in [1.82, 2.24) is 10.2 Å². The Hall–Kier alpha value is -1.86. The summed E-state index contributed by atoms with van der Waals surface area (Å²) in [7, 11) is 0. The largest absolute Gasteiger partial charge is 0.466 e. The Morgan fingerprint density at radius 3 is 2.83 bits per heavy atom. The number of hydrogen-bond donors (Lipinski definition) is 3. The topological polar surface area (TPSA) is 103 Å². The van der Waals surface area contributed by atoms with Crippen LogP contribution in [0.1, 0.15) is 12.7 Å². The third-order valence-electron chi connectivity index (χ3n) is 2.89. The minimum Gasteiger partial charge on any atom is -0.466 e. The van der Waals surface area contributed by atoms with Gasteiger partial charge in [0.25, 0.3) is 5.91 Å². The molecule has 0 radical (unpaired) electrons. The summed E-state index contributed by atoms with van der Waals surface area (Å²) in [5, 5.41) is 20.6. The molecule has 7 heteroatoms. The molecule has 7 nitrogen and oxygen atoms in total. The van der Waals surface area contributed by atoms with Gasteiger partial charge in [-0.2, -0.15) is 0 Å². The number of hydrogen-bond acceptors (Lipinski definition) is 5. The second kappa shape index (κ2) is 4.43. The van der Waals surface area contributed by atoms with Crippen molar-refractivity contribution in [2.75, 3.05) is 13.2 Å². The SMILES string of the molecule is CC1(c2ccco2)NC(=O)N(CC(O)CO)C1=O. The van der Waals surface area contributed by atoms with Gasteiger partial charge in [-0.3, -0.25) is 9.69 Å². The maximum Gasteiger partial charge on any atom is 0.325 e. The lowest BCUT2D eigenvalue weighted by molar-refractivity contribution is -0.132. The van der Waals surface area contributed by atoms with Crippen LogP contribution < -0.4 is 5.32 Å². The molecule has 0 bridgehead atoms. The van der Waals surface area contributed by atoms with Crippen LogP contribution in [0.3, 0.4) is 0 Å². The van der Waals surface area contributed by atoms with Gasteiger partial charge in [0.2, 0.25) is 0 Å². The Balaban J connectivity index is 2.24. The second-order valence-corrected chi connectivity index (χ2v) is 4.28. The number of nitrogens with one attached hydrogen (secondary N) is 1. The molecule has 2 heterocycles. The Morgan fingerprint density at radius 2 is 2.28 bits per heavy atom. The normalized spacial score (nSPS) is 25.4. The fourth-order valence-electron chi connectivity index (χ4n) is 1.86. The zero-order chi connectivity index (χ0) is 13.3. The molecule has 1 aromatic rings. The number of nitrogens with zero attached hydrogens (tertiary/aromatic N) is 1. The monoisotopic (exact) mass is 254 g/mol. The number of aliphatic hydroxyl groups is 2. The van der Waals surface area contributed by atoms with Crippen molar-refractivity contribution >= 4 is 11.9 Å². The molecule has 0 aliphatic carbocycles. The molecule has 0 spiro atoms. The van der Waals surface area contributed by atoms with Gasteiger partial charge in [-0.05, 0) is 19.1 Å². The number of carbonyl (C=O) groups is 2. The molecule has 0 aromatic carbocycles. The number of aliphatic hydroxyl groups excluding tert-OH is 2. The lowest BCUT2D eigenvalue weighted by Gasteiger charge is -2.19. The molecule has 2 unspecified atom stereocenters. The van der Waals surface area contributed by atoms with Crippen molar-refractivity contribution in [3.8, 4) is 0 Å². The molecular weight excluding hydrogens is 240 g/mol. The van der Waals surface area contributed by atoms with Crippen LogP contribution in [-0.4, -0.2) is 46.3 Å². The van der Waals surface area contributed by atoms with E-state index in [1.54, 1.807) is 12.1 Å². The Kier molecular flexibility index (Phi) is 3.10. The summed E-state index contributed by atoms with van der Waals surface area (Å²) in [6.07, 6.45) is 0.254.